The van der Waals surface area contributed by atoms with Crippen molar-refractivity contribution in [1.82, 2.24) is 4.98 Å². The lowest BCUT2D eigenvalue weighted by Crippen LogP contribution is -2.09. The summed E-state index contributed by atoms with van der Waals surface area (Å²) in [4.78, 5) is 15.3. The molecule has 0 saturated heterocycles. The molecular weight excluding hydrogens is 258 g/mol. The van der Waals surface area contributed by atoms with Gasteiger partial charge in [0, 0.05) is 25.7 Å². The predicted molar refractivity (Wildman–Crippen MR) is 73.6 cm³/mol. The molecule has 5 heteroatoms. The van der Waals surface area contributed by atoms with Crippen molar-refractivity contribution in [2.24, 2.45) is 5.92 Å². The molecule has 2 aromatic rings. The van der Waals surface area contributed by atoms with E-state index in [0.29, 0.717) is 24.7 Å². The Morgan fingerprint density at radius 3 is 2.70 bits per heavy atom. The Morgan fingerprint density at radius 1 is 1.40 bits per heavy atom. The van der Waals surface area contributed by atoms with Gasteiger partial charge in [0.1, 0.15) is 5.76 Å². The van der Waals surface area contributed by atoms with E-state index in [4.69, 9.17) is 9.15 Å². The number of benzene rings is 1. The molecule has 0 aliphatic carbocycles. The molecule has 1 aromatic heterocycles. The van der Waals surface area contributed by atoms with Gasteiger partial charge in [-0.05, 0) is 18.1 Å². The maximum absolute atomic E-state index is 11.3. The summed E-state index contributed by atoms with van der Waals surface area (Å²) in [5.74, 6) is -0.186. The first kappa shape index (κ1) is 14.3. The van der Waals surface area contributed by atoms with Crippen molar-refractivity contribution in [3.8, 4) is 11.5 Å². The Kier molecular flexibility index (Phi) is 4.53. The van der Waals surface area contributed by atoms with Crippen LogP contribution in [-0.4, -0.2) is 29.8 Å². The SMILES string of the molecule is COCC(C)Cc1oc(-c2ccccc2)nc1C(=O)O. The summed E-state index contributed by atoms with van der Waals surface area (Å²) >= 11 is 0. The number of carboxylic acids is 1. The fraction of sp³-hybridized carbons (Fsp3) is 0.333. The topological polar surface area (TPSA) is 72.6 Å². The summed E-state index contributed by atoms with van der Waals surface area (Å²) < 4.78 is 10.7. The van der Waals surface area contributed by atoms with Crippen molar-refractivity contribution < 1.29 is 19.1 Å². The van der Waals surface area contributed by atoms with Gasteiger partial charge in [-0.1, -0.05) is 25.1 Å². The first-order valence-electron chi connectivity index (χ1n) is 6.39. The molecule has 0 aliphatic heterocycles. The van der Waals surface area contributed by atoms with E-state index in [1.807, 2.05) is 37.3 Å². The summed E-state index contributed by atoms with van der Waals surface area (Å²) in [5.41, 5.74) is 0.743. The van der Waals surface area contributed by atoms with Crippen LogP contribution in [0.5, 0.6) is 0 Å². The van der Waals surface area contributed by atoms with Gasteiger partial charge < -0.3 is 14.3 Å². The quantitative estimate of drug-likeness (QED) is 0.877. The molecule has 1 unspecified atom stereocenters. The molecule has 0 amide bonds. The molecule has 0 saturated carbocycles. The van der Waals surface area contributed by atoms with Crippen molar-refractivity contribution in [1.29, 1.82) is 0 Å². The van der Waals surface area contributed by atoms with Gasteiger partial charge in [0.2, 0.25) is 5.89 Å². The molecule has 2 rings (SSSR count). The van der Waals surface area contributed by atoms with Gasteiger partial charge >= 0.3 is 5.97 Å². The van der Waals surface area contributed by atoms with Crippen LogP contribution in [0.2, 0.25) is 0 Å². The smallest absolute Gasteiger partial charge is 0.358 e. The van der Waals surface area contributed by atoms with E-state index >= 15 is 0 Å². The van der Waals surface area contributed by atoms with Gasteiger partial charge in [0.05, 0.1) is 0 Å². The number of aromatic nitrogens is 1. The van der Waals surface area contributed by atoms with Crippen LogP contribution in [0.25, 0.3) is 11.5 Å². The van der Waals surface area contributed by atoms with Crippen LogP contribution in [0, 0.1) is 5.92 Å². The van der Waals surface area contributed by atoms with E-state index in [0.717, 1.165) is 5.56 Å². The lowest BCUT2D eigenvalue weighted by atomic mass is 10.1. The van der Waals surface area contributed by atoms with E-state index in [2.05, 4.69) is 4.98 Å². The summed E-state index contributed by atoms with van der Waals surface area (Å²) in [7, 11) is 1.62. The maximum Gasteiger partial charge on any atom is 0.358 e. The van der Waals surface area contributed by atoms with Crippen LogP contribution < -0.4 is 0 Å². The van der Waals surface area contributed by atoms with Crippen LogP contribution in [0.1, 0.15) is 23.2 Å². The van der Waals surface area contributed by atoms with E-state index in [1.54, 1.807) is 7.11 Å². The molecule has 0 spiro atoms. The first-order valence-corrected chi connectivity index (χ1v) is 6.39. The van der Waals surface area contributed by atoms with E-state index in [1.165, 1.54) is 0 Å². The Morgan fingerprint density at radius 2 is 2.10 bits per heavy atom. The van der Waals surface area contributed by atoms with Gasteiger partial charge in [-0.2, -0.15) is 0 Å². The molecule has 1 aromatic carbocycles. The molecular formula is C15H17NO4. The van der Waals surface area contributed by atoms with Crippen molar-refractivity contribution in [3.05, 3.63) is 41.8 Å². The Balaban J connectivity index is 2.31. The second-order valence-electron chi connectivity index (χ2n) is 4.73. The minimum absolute atomic E-state index is 0.0215. The first-order chi connectivity index (χ1) is 9.61. The minimum Gasteiger partial charge on any atom is -0.476 e. The third-order valence-electron chi connectivity index (χ3n) is 2.91. The standard InChI is InChI=1S/C15H17NO4/c1-10(9-19-2)8-12-13(15(17)18)16-14(20-12)11-6-4-3-5-7-11/h3-7,10H,8-9H2,1-2H3,(H,17,18). The van der Waals surface area contributed by atoms with E-state index in [-0.39, 0.29) is 11.6 Å². The van der Waals surface area contributed by atoms with Crippen molar-refractivity contribution >= 4 is 5.97 Å². The molecule has 20 heavy (non-hydrogen) atoms. The van der Waals surface area contributed by atoms with Crippen LogP contribution in [0.4, 0.5) is 0 Å². The van der Waals surface area contributed by atoms with Crippen molar-refractivity contribution in [2.75, 3.05) is 13.7 Å². The number of methoxy groups -OCH3 is 1. The third-order valence-corrected chi connectivity index (χ3v) is 2.91. The molecule has 0 radical (unpaired) electrons. The summed E-state index contributed by atoms with van der Waals surface area (Å²) in [6.45, 7) is 2.51. The third kappa shape index (κ3) is 3.24. The van der Waals surface area contributed by atoms with Gasteiger partial charge in [-0.15, -0.1) is 0 Å². The summed E-state index contributed by atoms with van der Waals surface area (Å²) in [5, 5.41) is 9.21. The Bertz CT molecular complexity index is 577. The molecule has 0 aliphatic rings. The molecule has 0 bridgehead atoms. The summed E-state index contributed by atoms with van der Waals surface area (Å²) in [6, 6.07) is 9.26. The lowest BCUT2D eigenvalue weighted by Gasteiger charge is -2.07. The highest BCUT2D eigenvalue weighted by Gasteiger charge is 2.21. The number of hydrogen-bond acceptors (Lipinski definition) is 4. The minimum atomic E-state index is -1.07. The van der Waals surface area contributed by atoms with Crippen LogP contribution in [0.3, 0.4) is 0 Å². The number of nitrogens with zero attached hydrogens (tertiary/aromatic N) is 1. The average Bonchev–Trinajstić information content (AvgIpc) is 2.84. The highest BCUT2D eigenvalue weighted by molar-refractivity contribution is 5.87. The van der Waals surface area contributed by atoms with Gasteiger partial charge in [-0.25, -0.2) is 9.78 Å². The van der Waals surface area contributed by atoms with Crippen LogP contribution in [0.15, 0.2) is 34.7 Å². The second-order valence-corrected chi connectivity index (χ2v) is 4.73. The number of carbonyl (C=O) groups is 1. The van der Waals surface area contributed by atoms with E-state index in [9.17, 15) is 9.90 Å². The molecule has 1 atom stereocenters. The average molecular weight is 275 g/mol. The Labute approximate surface area is 117 Å². The van der Waals surface area contributed by atoms with Gasteiger partial charge in [0.25, 0.3) is 0 Å². The van der Waals surface area contributed by atoms with E-state index < -0.39 is 5.97 Å². The van der Waals surface area contributed by atoms with Crippen LogP contribution in [-0.2, 0) is 11.2 Å². The normalized spacial score (nSPS) is 12.3. The number of rotatable bonds is 6. The zero-order valence-electron chi connectivity index (χ0n) is 11.5. The molecule has 106 valence electrons. The molecule has 1 heterocycles. The Hall–Kier alpha value is -2.14. The number of aromatic carboxylic acids is 1. The monoisotopic (exact) mass is 275 g/mol. The zero-order chi connectivity index (χ0) is 14.5. The summed E-state index contributed by atoms with van der Waals surface area (Å²) in [6.07, 6.45) is 0.481. The molecule has 5 nitrogen and oxygen atoms in total. The molecule has 1 N–H and O–H groups in total. The molecule has 0 fully saturated rings. The highest BCUT2D eigenvalue weighted by Crippen LogP contribution is 2.24. The van der Waals surface area contributed by atoms with Gasteiger partial charge in [-0.3, -0.25) is 0 Å². The number of hydrogen-bond donors (Lipinski definition) is 1. The lowest BCUT2D eigenvalue weighted by molar-refractivity contribution is 0.0687. The largest absolute Gasteiger partial charge is 0.476 e. The number of carboxylic acid groups (broad SMARTS) is 1. The fourth-order valence-electron chi connectivity index (χ4n) is 2.02. The highest BCUT2D eigenvalue weighted by atomic mass is 16.5. The maximum atomic E-state index is 11.3. The number of ether oxygens (including phenoxy) is 1. The van der Waals surface area contributed by atoms with Crippen LogP contribution >= 0.6 is 0 Å². The second kappa shape index (κ2) is 6.34. The zero-order valence-corrected chi connectivity index (χ0v) is 11.5. The fourth-order valence-corrected chi connectivity index (χ4v) is 2.02. The van der Waals surface area contributed by atoms with Crippen molar-refractivity contribution in [2.45, 2.75) is 13.3 Å². The number of oxazole rings is 1. The van der Waals surface area contributed by atoms with Crippen molar-refractivity contribution in [3.63, 3.8) is 0 Å². The predicted octanol–water partition coefficient (Wildman–Crippen LogP) is 2.86. The van der Waals surface area contributed by atoms with Gasteiger partial charge in [0.15, 0.2) is 5.69 Å².